The number of hydrogen-bond acceptors (Lipinski definition) is 7. The van der Waals surface area contributed by atoms with Crippen molar-refractivity contribution in [3.05, 3.63) is 76.5 Å². The molecule has 3 N–H and O–H groups in total. The maximum absolute atomic E-state index is 13.6. The Balaban J connectivity index is 2.09. The van der Waals surface area contributed by atoms with Crippen molar-refractivity contribution >= 4 is 35.4 Å². The molecule has 13 heteroatoms. The summed E-state index contributed by atoms with van der Waals surface area (Å²) in [5.74, 6) is 0.165. The number of alkyl halides is 3. The van der Waals surface area contributed by atoms with Crippen molar-refractivity contribution in [1.82, 2.24) is 10.2 Å². The second-order valence-corrected chi connectivity index (χ2v) is 10.2. The number of thioether (sulfide) groups is 1. The smallest absolute Gasteiger partial charge is 0.416 e. The molecular weight excluding hydrogens is 559 g/mol. The van der Waals surface area contributed by atoms with Gasteiger partial charge in [0.25, 0.3) is 0 Å². The number of hydrogen-bond donors (Lipinski definition) is 3. The lowest BCUT2D eigenvalue weighted by atomic mass is 9.92. The first-order chi connectivity index (χ1) is 19.5. The summed E-state index contributed by atoms with van der Waals surface area (Å²) in [6.45, 7) is 1.79. The van der Waals surface area contributed by atoms with Crippen molar-refractivity contribution in [2.24, 2.45) is 0 Å². The molecule has 3 rings (SSSR count). The lowest BCUT2D eigenvalue weighted by molar-refractivity contribution is -0.138. The molecule has 2 amide bonds. The number of allylic oxidation sites excluding steroid dienone is 1. The van der Waals surface area contributed by atoms with Crippen molar-refractivity contribution in [2.75, 3.05) is 36.7 Å². The number of guanidine groups is 1. The first-order valence-corrected chi connectivity index (χ1v) is 13.8. The van der Waals surface area contributed by atoms with E-state index in [1.165, 1.54) is 31.2 Å². The largest absolute Gasteiger partial charge is 0.466 e. The molecule has 1 heterocycles. The summed E-state index contributed by atoms with van der Waals surface area (Å²) in [5, 5.41) is 29.9. The third-order valence-corrected chi connectivity index (χ3v) is 7.45. The Morgan fingerprint density at radius 3 is 2.46 bits per heavy atom. The number of urea groups is 1. The Labute approximate surface area is 240 Å². The van der Waals surface area contributed by atoms with Crippen molar-refractivity contribution in [2.45, 2.75) is 32.0 Å². The summed E-state index contributed by atoms with van der Waals surface area (Å²) in [4.78, 5) is 28.9. The van der Waals surface area contributed by atoms with Crippen molar-refractivity contribution in [3.63, 3.8) is 0 Å². The lowest BCUT2D eigenvalue weighted by Crippen LogP contribution is -2.56. The van der Waals surface area contributed by atoms with Crippen LogP contribution in [0.25, 0.3) is 0 Å². The van der Waals surface area contributed by atoms with Gasteiger partial charge in [0.2, 0.25) is 5.96 Å². The van der Waals surface area contributed by atoms with Gasteiger partial charge in [-0.15, -0.1) is 0 Å². The summed E-state index contributed by atoms with van der Waals surface area (Å²) in [5.41, 5.74) is -0.244. The number of esters is 1. The number of carbonyl (C=O) groups is 2. The van der Waals surface area contributed by atoms with E-state index < -0.39 is 35.7 Å². The zero-order valence-electron chi connectivity index (χ0n) is 22.5. The topological polar surface area (TPSA) is 130 Å². The molecule has 1 unspecified atom stereocenters. The van der Waals surface area contributed by atoms with Crippen molar-refractivity contribution in [3.8, 4) is 6.07 Å². The number of nitrogens with zero attached hydrogens (tertiary/aromatic N) is 3. The molecule has 0 radical (unpaired) electrons. The molecule has 1 atom stereocenters. The number of methoxy groups -OCH3 is 1. The third-order valence-electron chi connectivity index (χ3n) is 6.30. The molecular formula is C28H30F3N5O4S. The van der Waals surface area contributed by atoms with Gasteiger partial charge in [-0.05, 0) is 67.2 Å². The van der Waals surface area contributed by atoms with Crippen molar-refractivity contribution < 1.29 is 32.6 Å². The summed E-state index contributed by atoms with van der Waals surface area (Å²) >= 11 is 1.61. The Kier molecular flexibility index (Phi) is 10.8. The van der Waals surface area contributed by atoms with E-state index in [4.69, 9.17) is 15.3 Å². The molecule has 0 saturated carbocycles. The van der Waals surface area contributed by atoms with Gasteiger partial charge in [0, 0.05) is 24.5 Å². The van der Waals surface area contributed by atoms with Crippen LogP contribution in [-0.2, 0) is 15.7 Å². The molecule has 0 aliphatic carbocycles. The molecule has 0 spiro atoms. The standard InChI is InChI=1S/C28H30F3N5O4S/c1-18-23(25(38)40-2)24(20-10-8-19(17-32)9-11-20)36(27(39)34-12-4-14-41-15-5-13-37)26(33)35(18)22-7-3-6-21(16-22)28(29,30)31/h3,6-11,16,24,33,37H,4-5,12-15H2,1-2H3,(H,34,39). The minimum Gasteiger partial charge on any atom is -0.466 e. The summed E-state index contributed by atoms with van der Waals surface area (Å²) in [7, 11) is 1.14. The van der Waals surface area contributed by atoms with Crippen molar-refractivity contribution in [1.29, 1.82) is 10.7 Å². The van der Waals surface area contributed by atoms with E-state index in [9.17, 15) is 28.0 Å². The number of nitriles is 1. The number of benzene rings is 2. The summed E-state index contributed by atoms with van der Waals surface area (Å²) in [6, 6.07) is 10.5. The normalized spacial score (nSPS) is 15.5. The average molecular weight is 590 g/mol. The number of ether oxygens (including phenoxy) is 1. The van der Waals surface area contributed by atoms with Gasteiger partial charge in [-0.1, -0.05) is 18.2 Å². The monoisotopic (exact) mass is 589 g/mol. The molecule has 2 aromatic rings. The summed E-state index contributed by atoms with van der Waals surface area (Å²) < 4.78 is 45.6. The maximum Gasteiger partial charge on any atom is 0.416 e. The number of halogens is 3. The second kappa shape index (κ2) is 14.0. The maximum atomic E-state index is 13.6. The van der Waals surface area contributed by atoms with Gasteiger partial charge in [-0.3, -0.25) is 15.2 Å². The van der Waals surface area contributed by atoms with E-state index in [1.54, 1.807) is 23.9 Å². The molecule has 1 aliphatic heterocycles. The summed E-state index contributed by atoms with van der Waals surface area (Å²) in [6.07, 6.45) is -3.42. The number of anilines is 1. The molecule has 1 aliphatic rings. The van der Waals surface area contributed by atoms with Crippen LogP contribution in [0.15, 0.2) is 59.8 Å². The first kappa shape index (κ1) is 31.5. The predicted molar refractivity (Wildman–Crippen MR) is 149 cm³/mol. The molecule has 9 nitrogen and oxygen atoms in total. The zero-order chi connectivity index (χ0) is 30.2. The number of rotatable bonds is 10. The number of nitrogens with one attached hydrogen (secondary N) is 2. The average Bonchev–Trinajstić information content (AvgIpc) is 2.95. The van der Waals surface area contributed by atoms with Crippen LogP contribution in [0.1, 0.15) is 42.5 Å². The minimum atomic E-state index is -4.66. The van der Waals surface area contributed by atoms with Crippen LogP contribution in [0.2, 0.25) is 0 Å². The molecule has 0 saturated heterocycles. The van der Waals surface area contributed by atoms with E-state index in [2.05, 4.69) is 5.32 Å². The van der Waals surface area contributed by atoms with E-state index in [0.717, 1.165) is 34.8 Å². The highest BCUT2D eigenvalue weighted by molar-refractivity contribution is 7.99. The highest BCUT2D eigenvalue weighted by Crippen LogP contribution is 2.41. The Bertz CT molecular complexity index is 1340. The quantitative estimate of drug-likeness (QED) is 0.262. The van der Waals surface area contributed by atoms with Crippen LogP contribution in [0.3, 0.4) is 0 Å². The van der Waals surface area contributed by atoms with Crippen LogP contribution in [0.5, 0.6) is 0 Å². The lowest BCUT2D eigenvalue weighted by Gasteiger charge is -2.43. The molecule has 41 heavy (non-hydrogen) atoms. The van der Waals surface area contributed by atoms with Crippen LogP contribution in [-0.4, -0.2) is 59.7 Å². The van der Waals surface area contributed by atoms with E-state index >= 15 is 0 Å². The number of amides is 2. The van der Waals surface area contributed by atoms with Gasteiger partial charge < -0.3 is 15.2 Å². The fourth-order valence-electron chi connectivity index (χ4n) is 4.34. The van der Waals surface area contributed by atoms with Gasteiger partial charge in [-0.25, -0.2) is 9.59 Å². The van der Waals surface area contributed by atoms with Crippen LogP contribution in [0.4, 0.5) is 23.7 Å². The predicted octanol–water partition coefficient (Wildman–Crippen LogP) is 5.04. The molecule has 0 bridgehead atoms. The molecule has 218 valence electrons. The number of aliphatic hydroxyl groups excluding tert-OH is 1. The minimum absolute atomic E-state index is 0.0553. The van der Waals surface area contributed by atoms with E-state index in [1.807, 2.05) is 6.07 Å². The SMILES string of the molecule is COC(=O)C1=C(C)N(c2cccc(C(F)(F)F)c2)C(=N)N(C(=O)NCCCSCCCO)C1c1ccc(C#N)cc1. The van der Waals surface area contributed by atoms with E-state index in [-0.39, 0.29) is 30.1 Å². The van der Waals surface area contributed by atoms with Gasteiger partial charge in [0.15, 0.2) is 0 Å². The van der Waals surface area contributed by atoms with Gasteiger partial charge in [0.05, 0.1) is 29.9 Å². The van der Waals surface area contributed by atoms with Crippen LogP contribution in [0, 0.1) is 16.7 Å². The third kappa shape index (κ3) is 7.39. The van der Waals surface area contributed by atoms with E-state index in [0.29, 0.717) is 29.7 Å². The Hall–Kier alpha value is -4.02. The van der Waals surface area contributed by atoms with Crippen LogP contribution >= 0.6 is 11.8 Å². The first-order valence-electron chi connectivity index (χ1n) is 12.7. The Morgan fingerprint density at radius 1 is 1.17 bits per heavy atom. The number of carbonyl (C=O) groups excluding carboxylic acids is 2. The van der Waals surface area contributed by atoms with Gasteiger partial charge >= 0.3 is 18.2 Å². The highest BCUT2D eigenvalue weighted by atomic mass is 32.2. The molecule has 0 fully saturated rings. The van der Waals surface area contributed by atoms with Crippen LogP contribution < -0.4 is 10.2 Å². The van der Waals surface area contributed by atoms with Gasteiger partial charge in [-0.2, -0.15) is 30.2 Å². The highest BCUT2D eigenvalue weighted by Gasteiger charge is 2.44. The fraction of sp³-hybridized carbons (Fsp3) is 0.357. The zero-order valence-corrected chi connectivity index (χ0v) is 23.3. The molecule has 2 aromatic carbocycles. The second-order valence-electron chi connectivity index (χ2n) is 8.98. The molecule has 0 aromatic heterocycles. The van der Waals surface area contributed by atoms with Gasteiger partial charge in [0.1, 0.15) is 6.04 Å². The number of aliphatic hydroxyl groups is 1. The fourth-order valence-corrected chi connectivity index (χ4v) is 5.22. The Morgan fingerprint density at radius 2 is 1.85 bits per heavy atom.